The van der Waals surface area contributed by atoms with E-state index in [1.807, 2.05) is 13.8 Å². The summed E-state index contributed by atoms with van der Waals surface area (Å²) in [7, 11) is 3.14. The molecule has 0 saturated heterocycles. The number of halogens is 1. The standard InChI is InChI=1S/C9H11BrO3.C2H6/c1-12-7-3-6(5-11)4-8(13-2)9(7)10;1-2/h3-4,11H,5H2,1-2H3;1-2H3. The van der Waals surface area contributed by atoms with Crippen molar-refractivity contribution in [2.45, 2.75) is 20.5 Å². The van der Waals surface area contributed by atoms with E-state index in [0.29, 0.717) is 11.5 Å². The molecular weight excluding hydrogens is 260 g/mol. The molecule has 1 N–H and O–H groups in total. The van der Waals surface area contributed by atoms with E-state index in [2.05, 4.69) is 15.9 Å². The van der Waals surface area contributed by atoms with Gasteiger partial charge in [0.2, 0.25) is 0 Å². The van der Waals surface area contributed by atoms with E-state index >= 15 is 0 Å². The SMILES string of the molecule is CC.COc1cc(CO)cc(OC)c1Br. The van der Waals surface area contributed by atoms with E-state index in [-0.39, 0.29) is 6.61 Å². The highest BCUT2D eigenvalue weighted by atomic mass is 79.9. The Morgan fingerprint density at radius 2 is 1.53 bits per heavy atom. The van der Waals surface area contributed by atoms with Crippen molar-refractivity contribution >= 4 is 15.9 Å². The van der Waals surface area contributed by atoms with Crippen molar-refractivity contribution in [3.63, 3.8) is 0 Å². The lowest BCUT2D eigenvalue weighted by molar-refractivity contribution is 0.280. The summed E-state index contributed by atoms with van der Waals surface area (Å²) in [4.78, 5) is 0. The third-order valence-corrected chi connectivity index (χ3v) is 2.47. The van der Waals surface area contributed by atoms with Gasteiger partial charge < -0.3 is 14.6 Å². The van der Waals surface area contributed by atoms with Gasteiger partial charge in [-0.1, -0.05) is 13.8 Å². The van der Waals surface area contributed by atoms with Gasteiger partial charge in [-0.25, -0.2) is 0 Å². The number of rotatable bonds is 3. The van der Waals surface area contributed by atoms with E-state index in [0.717, 1.165) is 10.0 Å². The Hall–Kier alpha value is -0.740. The third-order valence-electron chi connectivity index (χ3n) is 1.69. The van der Waals surface area contributed by atoms with E-state index < -0.39 is 0 Å². The number of methoxy groups -OCH3 is 2. The van der Waals surface area contributed by atoms with Crippen LogP contribution < -0.4 is 9.47 Å². The molecular formula is C11H17BrO3. The Kier molecular flexibility index (Phi) is 7.17. The van der Waals surface area contributed by atoms with Gasteiger partial charge in [0.15, 0.2) is 0 Å². The Balaban J connectivity index is 0.000000921. The molecule has 3 nitrogen and oxygen atoms in total. The summed E-state index contributed by atoms with van der Waals surface area (Å²) < 4.78 is 10.9. The minimum absolute atomic E-state index is 0.0278. The largest absolute Gasteiger partial charge is 0.495 e. The van der Waals surface area contributed by atoms with Crippen LogP contribution in [-0.2, 0) is 6.61 Å². The van der Waals surface area contributed by atoms with Crippen molar-refractivity contribution in [1.82, 2.24) is 0 Å². The number of ether oxygens (including phenoxy) is 2. The van der Waals surface area contributed by atoms with Crippen molar-refractivity contribution in [3.8, 4) is 11.5 Å². The molecule has 0 radical (unpaired) electrons. The average molecular weight is 277 g/mol. The molecule has 0 spiro atoms. The molecule has 0 amide bonds. The van der Waals surface area contributed by atoms with Gasteiger partial charge in [-0.2, -0.15) is 0 Å². The summed E-state index contributed by atoms with van der Waals surface area (Å²) in [5.41, 5.74) is 0.761. The van der Waals surface area contributed by atoms with Gasteiger partial charge in [-0.3, -0.25) is 0 Å². The number of hydrogen-bond acceptors (Lipinski definition) is 3. The van der Waals surface area contributed by atoms with Crippen LogP contribution in [0.3, 0.4) is 0 Å². The summed E-state index contributed by atoms with van der Waals surface area (Å²) in [6, 6.07) is 3.51. The summed E-state index contributed by atoms with van der Waals surface area (Å²) in [6.07, 6.45) is 0. The second kappa shape index (κ2) is 7.54. The first-order chi connectivity index (χ1) is 7.22. The van der Waals surface area contributed by atoms with Crippen LogP contribution in [0.2, 0.25) is 0 Å². The van der Waals surface area contributed by atoms with Crippen LogP contribution in [0.25, 0.3) is 0 Å². The van der Waals surface area contributed by atoms with Crippen molar-refractivity contribution in [1.29, 1.82) is 0 Å². The second-order valence-electron chi connectivity index (χ2n) is 2.47. The van der Waals surface area contributed by atoms with Crippen LogP contribution in [0.4, 0.5) is 0 Å². The first-order valence-electron chi connectivity index (χ1n) is 4.74. The zero-order chi connectivity index (χ0) is 11.8. The average Bonchev–Trinajstić information content (AvgIpc) is 2.32. The molecule has 0 unspecified atom stereocenters. The molecule has 1 aromatic carbocycles. The van der Waals surface area contributed by atoms with Gasteiger partial charge >= 0.3 is 0 Å². The fraction of sp³-hybridized carbons (Fsp3) is 0.455. The molecule has 0 aliphatic rings. The normalized spacial score (nSPS) is 8.93. The maximum Gasteiger partial charge on any atom is 0.137 e. The molecule has 0 atom stereocenters. The number of aliphatic hydroxyl groups is 1. The lowest BCUT2D eigenvalue weighted by Gasteiger charge is -2.09. The van der Waals surface area contributed by atoms with Crippen molar-refractivity contribution < 1.29 is 14.6 Å². The summed E-state index contributed by atoms with van der Waals surface area (Å²) in [5.74, 6) is 1.31. The molecule has 0 saturated carbocycles. The quantitative estimate of drug-likeness (QED) is 0.923. The molecule has 0 fully saturated rings. The monoisotopic (exact) mass is 276 g/mol. The number of benzene rings is 1. The van der Waals surface area contributed by atoms with Crippen LogP contribution in [0.15, 0.2) is 16.6 Å². The first kappa shape index (κ1) is 14.3. The van der Waals surface area contributed by atoms with Gasteiger partial charge in [0.1, 0.15) is 16.0 Å². The zero-order valence-corrected chi connectivity index (χ0v) is 11.1. The maximum absolute atomic E-state index is 8.94. The molecule has 1 rings (SSSR count). The highest BCUT2D eigenvalue weighted by molar-refractivity contribution is 9.10. The Morgan fingerprint density at radius 3 is 1.80 bits per heavy atom. The number of hydrogen-bond donors (Lipinski definition) is 1. The first-order valence-corrected chi connectivity index (χ1v) is 5.53. The predicted octanol–water partition coefficient (Wildman–Crippen LogP) is 2.98. The molecule has 0 heterocycles. The van der Waals surface area contributed by atoms with Crippen LogP contribution in [-0.4, -0.2) is 19.3 Å². The van der Waals surface area contributed by atoms with Gasteiger partial charge in [-0.05, 0) is 33.6 Å². The topological polar surface area (TPSA) is 38.7 Å². The van der Waals surface area contributed by atoms with E-state index in [1.165, 1.54) is 0 Å². The lowest BCUT2D eigenvalue weighted by atomic mass is 10.2. The molecule has 0 aliphatic heterocycles. The van der Waals surface area contributed by atoms with Crippen molar-refractivity contribution in [3.05, 3.63) is 22.2 Å². The minimum Gasteiger partial charge on any atom is -0.495 e. The Labute approximate surface area is 99.2 Å². The van der Waals surface area contributed by atoms with Gasteiger partial charge in [0, 0.05) is 0 Å². The third kappa shape index (κ3) is 3.72. The molecule has 15 heavy (non-hydrogen) atoms. The van der Waals surface area contributed by atoms with Gasteiger partial charge in [0.25, 0.3) is 0 Å². The van der Waals surface area contributed by atoms with Crippen LogP contribution >= 0.6 is 15.9 Å². The van der Waals surface area contributed by atoms with E-state index in [1.54, 1.807) is 26.4 Å². The highest BCUT2D eigenvalue weighted by Gasteiger charge is 2.08. The molecule has 0 aliphatic carbocycles. The predicted molar refractivity (Wildman–Crippen MR) is 64.5 cm³/mol. The Bertz CT molecular complexity index is 275. The smallest absolute Gasteiger partial charge is 0.137 e. The van der Waals surface area contributed by atoms with Crippen molar-refractivity contribution in [2.75, 3.05) is 14.2 Å². The fourth-order valence-electron chi connectivity index (χ4n) is 1.01. The minimum atomic E-state index is -0.0278. The summed E-state index contributed by atoms with van der Waals surface area (Å²) in [6.45, 7) is 3.97. The van der Waals surface area contributed by atoms with E-state index in [9.17, 15) is 0 Å². The molecule has 0 bridgehead atoms. The highest BCUT2D eigenvalue weighted by Crippen LogP contribution is 2.35. The molecule has 1 aromatic rings. The summed E-state index contributed by atoms with van der Waals surface area (Å²) >= 11 is 3.33. The molecule has 86 valence electrons. The maximum atomic E-state index is 8.94. The second-order valence-corrected chi connectivity index (χ2v) is 3.27. The molecule has 4 heteroatoms. The fourth-order valence-corrected chi connectivity index (χ4v) is 1.57. The van der Waals surface area contributed by atoms with Crippen molar-refractivity contribution in [2.24, 2.45) is 0 Å². The lowest BCUT2D eigenvalue weighted by Crippen LogP contribution is -1.93. The molecule has 0 aromatic heterocycles. The van der Waals surface area contributed by atoms with Crippen LogP contribution in [0, 0.1) is 0 Å². The van der Waals surface area contributed by atoms with Crippen LogP contribution in [0.5, 0.6) is 11.5 Å². The Morgan fingerprint density at radius 1 is 1.13 bits per heavy atom. The number of aliphatic hydroxyl groups excluding tert-OH is 1. The van der Waals surface area contributed by atoms with E-state index in [4.69, 9.17) is 14.6 Å². The van der Waals surface area contributed by atoms with Crippen LogP contribution in [0.1, 0.15) is 19.4 Å². The summed E-state index contributed by atoms with van der Waals surface area (Å²) in [5, 5.41) is 8.94. The zero-order valence-electron chi connectivity index (χ0n) is 9.50. The van der Waals surface area contributed by atoms with Gasteiger partial charge in [0.05, 0.1) is 20.8 Å². The van der Waals surface area contributed by atoms with Gasteiger partial charge in [-0.15, -0.1) is 0 Å².